The lowest BCUT2D eigenvalue weighted by molar-refractivity contribution is 0.356. The number of fused-ring (bicyclic) bond motifs is 6. The summed E-state index contributed by atoms with van der Waals surface area (Å²) in [6, 6.07) is 12.9. The van der Waals surface area contributed by atoms with Crippen LogP contribution in [0.1, 0.15) is 58.6 Å². The molecule has 0 spiro atoms. The lowest BCUT2D eigenvalue weighted by Crippen LogP contribution is -1.96. The second-order valence-electron chi connectivity index (χ2n) is 8.28. The molecule has 0 saturated heterocycles. The van der Waals surface area contributed by atoms with Crippen LogP contribution in [0.4, 0.5) is 0 Å². The van der Waals surface area contributed by atoms with Crippen molar-refractivity contribution >= 4 is 5.57 Å². The van der Waals surface area contributed by atoms with Gasteiger partial charge >= 0.3 is 0 Å². The minimum atomic E-state index is 0.460. The van der Waals surface area contributed by atoms with Gasteiger partial charge in [0.25, 0.3) is 0 Å². The number of ether oxygens (including phenoxy) is 2. The van der Waals surface area contributed by atoms with E-state index in [1.54, 1.807) is 6.08 Å². The molecular formula is C26H24N2O2. The second-order valence-corrected chi connectivity index (χ2v) is 8.28. The second kappa shape index (κ2) is 7.88. The maximum atomic E-state index is 8.82. The van der Waals surface area contributed by atoms with Gasteiger partial charge in [-0.1, -0.05) is 12.1 Å². The quantitative estimate of drug-likeness (QED) is 0.634. The minimum absolute atomic E-state index is 0.460. The zero-order valence-electron chi connectivity index (χ0n) is 17.0. The third-order valence-corrected chi connectivity index (χ3v) is 6.71. The lowest BCUT2D eigenvalue weighted by atomic mass is 9.92. The molecule has 4 aliphatic rings. The molecule has 0 aromatic heterocycles. The Hall–Kier alpha value is -3.24. The van der Waals surface area contributed by atoms with Crippen molar-refractivity contribution in [3.8, 4) is 23.6 Å². The molecule has 0 saturated carbocycles. The highest BCUT2D eigenvalue weighted by Crippen LogP contribution is 2.43. The van der Waals surface area contributed by atoms with Crippen molar-refractivity contribution < 1.29 is 9.47 Å². The molecule has 2 aromatic rings. The summed E-state index contributed by atoms with van der Waals surface area (Å²) in [6.45, 7) is 1.59. The van der Waals surface area contributed by atoms with Crippen LogP contribution < -0.4 is 9.47 Å². The fraction of sp³-hybridized carbons (Fsp3) is 0.385. The van der Waals surface area contributed by atoms with Crippen LogP contribution in [0.15, 0.2) is 30.3 Å². The molecule has 2 aliphatic carbocycles. The van der Waals surface area contributed by atoms with Gasteiger partial charge in [0.1, 0.15) is 11.5 Å². The Morgan fingerprint density at radius 1 is 0.867 bits per heavy atom. The molecule has 0 radical (unpaired) electrons. The van der Waals surface area contributed by atoms with Crippen LogP contribution in [0.2, 0.25) is 0 Å². The van der Waals surface area contributed by atoms with E-state index in [2.05, 4.69) is 36.4 Å². The van der Waals surface area contributed by atoms with Gasteiger partial charge in [-0.05, 0) is 71.6 Å². The van der Waals surface area contributed by atoms with Crippen molar-refractivity contribution in [1.82, 2.24) is 0 Å². The van der Waals surface area contributed by atoms with E-state index in [1.807, 2.05) is 0 Å². The Kier molecular flexibility index (Phi) is 4.93. The molecule has 2 heterocycles. The molecule has 2 aromatic carbocycles. The van der Waals surface area contributed by atoms with Gasteiger partial charge in [-0.3, -0.25) is 0 Å². The first-order valence-corrected chi connectivity index (χ1v) is 10.8. The number of benzene rings is 2. The van der Waals surface area contributed by atoms with Gasteiger partial charge < -0.3 is 9.47 Å². The summed E-state index contributed by atoms with van der Waals surface area (Å²) in [7, 11) is 0. The fourth-order valence-electron chi connectivity index (χ4n) is 5.41. The average molecular weight is 396 g/mol. The summed E-state index contributed by atoms with van der Waals surface area (Å²) >= 11 is 0. The van der Waals surface area contributed by atoms with Gasteiger partial charge in [0.15, 0.2) is 0 Å². The first kappa shape index (κ1) is 18.8. The Bertz CT molecular complexity index is 1120. The summed E-state index contributed by atoms with van der Waals surface area (Å²) < 4.78 is 11.1. The third kappa shape index (κ3) is 3.14. The lowest BCUT2D eigenvalue weighted by Gasteiger charge is -2.11. The molecular weight excluding hydrogens is 372 g/mol. The molecule has 4 heteroatoms. The Morgan fingerprint density at radius 2 is 1.60 bits per heavy atom. The van der Waals surface area contributed by atoms with Crippen molar-refractivity contribution in [1.29, 1.82) is 10.5 Å². The van der Waals surface area contributed by atoms with Crippen molar-refractivity contribution in [2.24, 2.45) is 0 Å². The maximum Gasteiger partial charge on any atom is 0.123 e. The summed E-state index contributed by atoms with van der Waals surface area (Å²) in [4.78, 5) is 0. The molecule has 4 nitrogen and oxygen atoms in total. The van der Waals surface area contributed by atoms with Crippen molar-refractivity contribution in [2.45, 2.75) is 50.9 Å². The van der Waals surface area contributed by atoms with Crippen LogP contribution >= 0.6 is 0 Å². The molecule has 30 heavy (non-hydrogen) atoms. The normalized spacial score (nSPS) is 20.6. The Labute approximate surface area is 177 Å². The van der Waals surface area contributed by atoms with Gasteiger partial charge in [0, 0.05) is 36.5 Å². The van der Waals surface area contributed by atoms with Gasteiger partial charge in [-0.2, -0.15) is 10.5 Å². The number of nitriles is 2. The highest BCUT2D eigenvalue weighted by atomic mass is 16.5. The van der Waals surface area contributed by atoms with Gasteiger partial charge in [0.05, 0.1) is 25.4 Å². The van der Waals surface area contributed by atoms with Gasteiger partial charge in [-0.15, -0.1) is 0 Å². The smallest absolute Gasteiger partial charge is 0.123 e. The molecule has 0 N–H and O–H groups in total. The van der Waals surface area contributed by atoms with E-state index >= 15 is 0 Å². The highest BCUT2D eigenvalue weighted by molar-refractivity contribution is 5.78. The minimum Gasteiger partial charge on any atom is -0.493 e. The van der Waals surface area contributed by atoms with E-state index < -0.39 is 0 Å². The van der Waals surface area contributed by atoms with Gasteiger partial charge in [0.2, 0.25) is 0 Å². The number of hydrogen-bond acceptors (Lipinski definition) is 4. The van der Waals surface area contributed by atoms with E-state index in [4.69, 9.17) is 20.0 Å². The number of aryl methyl sites for hydroxylation is 2. The van der Waals surface area contributed by atoms with E-state index in [9.17, 15) is 0 Å². The summed E-state index contributed by atoms with van der Waals surface area (Å²) in [5.41, 5.74) is 9.44. The van der Waals surface area contributed by atoms with Crippen molar-refractivity contribution in [3.05, 3.63) is 63.7 Å². The van der Waals surface area contributed by atoms with Crippen molar-refractivity contribution in [3.63, 3.8) is 0 Å². The fourth-order valence-corrected chi connectivity index (χ4v) is 5.41. The maximum absolute atomic E-state index is 8.82. The predicted octanol–water partition coefficient (Wildman–Crippen LogP) is 5.04. The number of nitrogens with zero attached hydrogens (tertiary/aromatic N) is 2. The van der Waals surface area contributed by atoms with Crippen LogP contribution in [0.5, 0.6) is 11.5 Å². The zero-order valence-corrected chi connectivity index (χ0v) is 17.0. The molecule has 0 fully saturated rings. The number of rotatable bonds is 1. The van der Waals surface area contributed by atoms with E-state index in [1.165, 1.54) is 39.0 Å². The average Bonchev–Trinajstić information content (AvgIpc) is 3.54. The third-order valence-electron chi connectivity index (χ3n) is 6.71. The molecule has 150 valence electrons. The largest absolute Gasteiger partial charge is 0.493 e. The molecule has 0 unspecified atom stereocenters. The molecule has 0 bridgehead atoms. The number of allylic oxidation sites excluding steroid dienone is 2. The molecule has 2 aliphatic heterocycles. The zero-order chi connectivity index (χ0) is 20.5. The summed E-state index contributed by atoms with van der Waals surface area (Å²) in [6.07, 6.45) is 8.69. The topological polar surface area (TPSA) is 66.0 Å². The molecule has 1 atom stereocenters. The van der Waals surface area contributed by atoms with Gasteiger partial charge in [-0.25, -0.2) is 0 Å². The Balaban J connectivity index is 0.000000128. The van der Waals surface area contributed by atoms with Crippen LogP contribution in [0, 0.1) is 22.7 Å². The first-order valence-electron chi connectivity index (χ1n) is 10.8. The van der Waals surface area contributed by atoms with Crippen LogP contribution in [0.3, 0.4) is 0 Å². The van der Waals surface area contributed by atoms with E-state index in [-0.39, 0.29) is 0 Å². The van der Waals surface area contributed by atoms with Crippen molar-refractivity contribution in [2.75, 3.05) is 13.2 Å². The SMILES string of the molecule is N#C/C=C1\CCc2ccc3c(c21)CCO3.N#CC[C@@H]1CCc2ccc3c(c21)CCO3. The van der Waals surface area contributed by atoms with E-state index in [0.717, 1.165) is 63.2 Å². The van der Waals surface area contributed by atoms with Crippen LogP contribution in [-0.2, 0) is 25.7 Å². The first-order chi connectivity index (χ1) is 14.8. The molecule has 6 rings (SSSR count). The van der Waals surface area contributed by atoms with Crippen LogP contribution in [0.25, 0.3) is 5.57 Å². The monoisotopic (exact) mass is 396 g/mol. The highest BCUT2D eigenvalue weighted by Gasteiger charge is 2.29. The standard InChI is InChI=1S/C13H13NO.C13H11NO/c2*14-7-5-10-2-1-9-3-4-12-11(13(9)10)6-8-15-12/h3-4,10H,1-2,5-6,8H2;3-5H,1-2,6,8H2/b;10-5+/t10-;/m0./s1. The van der Waals surface area contributed by atoms with Crippen LogP contribution in [-0.4, -0.2) is 13.2 Å². The van der Waals surface area contributed by atoms with E-state index in [0.29, 0.717) is 12.3 Å². The summed E-state index contributed by atoms with van der Waals surface area (Å²) in [5.74, 6) is 2.53. The molecule has 0 amide bonds. The Morgan fingerprint density at radius 3 is 2.37 bits per heavy atom. The summed E-state index contributed by atoms with van der Waals surface area (Å²) in [5, 5.41) is 17.6. The number of hydrogen-bond donors (Lipinski definition) is 0. The predicted molar refractivity (Wildman–Crippen MR) is 114 cm³/mol.